The van der Waals surface area contributed by atoms with Gasteiger partial charge in [0.1, 0.15) is 250 Å². The van der Waals surface area contributed by atoms with Crippen LogP contribution in [0.1, 0.15) is 20.3 Å². The van der Waals surface area contributed by atoms with Gasteiger partial charge < -0.3 is 280 Å². The standard InChI is InChI=1S/C69H116N2O57/c1-13-26(84)30(88)25(71-14(2)77)58(114-13)111-10-19(81)47-36(94)33(91)42(100)62(118-47)124-55-34(92)29(87)24(8-76)116-65(55)122-53-43(101)48(20(82)11-113-60-40(98)32(90)35(93)46(117-60)16(78)4-72)119-63(44(53)102)123-54-45(103)64(120-50(17(79)5-73)56(54)125-61-41(99)31(89)28(86)23(7-75)115-61)121-52-22(3-68(109,66(105)106)127-51(52)18(80)6-74)126-69(67(107)108)57(104)38(96)37(95)49(128-69)21(83)12-112-59-39(97)27(85)15(70)9-110-59/h13,15-65,72-76,78-104,109H,3-12,70H2,1-2H3,(H,71,77)(H,105,106)(H,107,108)/t13-,15+,16+,17+,18-,19+,20+,21-,22-,23-,24-,25-,26-,27+,28-,29-,30-,31+,32+,33+,34+,35+,36+,37-,38+,39-,40+,41-,42+,43-,44+,45+,46-,47-,48-,49-,50-,51-,52-,53+,54-,55-,56-,57+,58-,59?,60+,61+,62-,63-,64-,65-,68-,69-/m1/s1. The molecule has 0 aromatic heterocycles. The van der Waals surface area contributed by atoms with Crippen LogP contribution in [0.4, 0.5) is 0 Å². The molecule has 0 aliphatic carbocycles. The largest absolute Gasteiger partial charge is 0.477 e. The minimum absolute atomic E-state index is 0.486. The van der Waals surface area contributed by atoms with Gasteiger partial charge in [0.25, 0.3) is 11.6 Å². The summed E-state index contributed by atoms with van der Waals surface area (Å²) in [7, 11) is 0. The molecule has 10 saturated heterocycles. The van der Waals surface area contributed by atoms with Gasteiger partial charge in [-0.05, 0) is 6.92 Å². The lowest BCUT2D eigenvalue weighted by Gasteiger charge is -2.53. The molecule has 10 aliphatic rings. The molecule has 0 aromatic rings. The highest BCUT2D eigenvalue weighted by Crippen LogP contribution is 2.45. The Hall–Kier alpha value is -3.71. The number of amides is 1. The first-order chi connectivity index (χ1) is 60.1. The molecule has 10 heterocycles. The van der Waals surface area contributed by atoms with Crippen molar-refractivity contribution < 1.29 is 283 Å². The molecule has 59 heteroatoms. The van der Waals surface area contributed by atoms with Gasteiger partial charge in [-0.25, -0.2) is 9.59 Å². The molecule has 0 spiro atoms. The van der Waals surface area contributed by atoms with E-state index in [-0.39, 0.29) is 0 Å². The number of aliphatic hydroxyl groups excluding tert-OH is 32. The molecule has 38 N–H and O–H groups in total. The average molecular weight is 1890 g/mol. The Morgan fingerprint density at radius 1 is 0.383 bits per heavy atom. The summed E-state index contributed by atoms with van der Waals surface area (Å²) in [4.78, 5) is 39.1. The fourth-order valence-corrected chi connectivity index (χ4v) is 16.1. The van der Waals surface area contributed by atoms with E-state index in [1.165, 1.54) is 6.92 Å². The van der Waals surface area contributed by atoms with Crippen molar-refractivity contribution >= 4 is 17.8 Å². The van der Waals surface area contributed by atoms with Crippen LogP contribution in [0.2, 0.25) is 0 Å². The molecule has 10 fully saturated rings. The number of carboxylic acids is 2. The molecule has 0 radical (unpaired) electrons. The first-order valence-corrected chi connectivity index (χ1v) is 40.1. The monoisotopic (exact) mass is 1880 g/mol. The minimum atomic E-state index is -4.11. The van der Waals surface area contributed by atoms with Gasteiger partial charge in [-0.1, -0.05) is 0 Å². The minimum Gasteiger partial charge on any atom is -0.477 e. The molecular formula is C69H116N2O57. The molecular weight excluding hydrogens is 1770 g/mol. The van der Waals surface area contributed by atoms with Gasteiger partial charge in [-0.3, -0.25) is 4.79 Å². The summed E-state index contributed by atoms with van der Waals surface area (Å²) in [5.41, 5.74) is 5.71. The highest BCUT2D eigenvalue weighted by molar-refractivity contribution is 5.77. The smallest absolute Gasteiger partial charge is 0.367 e. The van der Waals surface area contributed by atoms with Gasteiger partial charge in [-0.15, -0.1) is 0 Å². The summed E-state index contributed by atoms with van der Waals surface area (Å²) in [6.45, 7) is -8.87. The predicted octanol–water partition coefficient (Wildman–Crippen LogP) is -24.9. The number of hydrogen-bond acceptors (Lipinski definition) is 56. The lowest BCUT2D eigenvalue weighted by atomic mass is 9.88. The Balaban J connectivity index is 1.04. The van der Waals surface area contributed by atoms with Gasteiger partial charge in [0.15, 0.2) is 50.3 Å². The van der Waals surface area contributed by atoms with Gasteiger partial charge in [0.2, 0.25) is 5.91 Å². The molecule has 1 unspecified atom stereocenters. The molecule has 10 aliphatic heterocycles. The molecule has 54 atom stereocenters. The number of carboxylic acid groups (broad SMARTS) is 2. The van der Waals surface area contributed by atoms with E-state index in [2.05, 4.69) is 5.32 Å². The van der Waals surface area contributed by atoms with Crippen LogP contribution >= 0.6 is 0 Å². The molecule has 59 nitrogen and oxygen atoms in total. The van der Waals surface area contributed by atoms with Crippen molar-refractivity contribution in [3.05, 3.63) is 0 Å². The molecule has 1 amide bonds. The summed E-state index contributed by atoms with van der Waals surface area (Å²) in [6.07, 6.45) is -124. The van der Waals surface area contributed by atoms with E-state index in [0.29, 0.717) is 0 Å². The summed E-state index contributed by atoms with van der Waals surface area (Å²) in [6, 6.07) is -2.73. The second-order valence-electron chi connectivity index (χ2n) is 32.4. The van der Waals surface area contributed by atoms with E-state index in [4.69, 9.17) is 95.7 Å². The predicted molar refractivity (Wildman–Crippen MR) is 384 cm³/mol. The van der Waals surface area contributed by atoms with E-state index in [1.807, 2.05) is 0 Å². The molecule has 744 valence electrons. The van der Waals surface area contributed by atoms with Crippen LogP contribution in [0.25, 0.3) is 0 Å². The van der Waals surface area contributed by atoms with Crippen molar-refractivity contribution in [2.75, 3.05) is 59.5 Å². The third kappa shape index (κ3) is 22.3. The van der Waals surface area contributed by atoms with Crippen LogP contribution in [-0.2, 0) is 104 Å². The first kappa shape index (κ1) is 106. The van der Waals surface area contributed by atoms with E-state index < -0.39 is 414 Å². The maximum Gasteiger partial charge on any atom is 0.367 e. The number of carbonyl (C=O) groups excluding carboxylic acids is 1. The molecule has 0 aromatic carbocycles. The maximum atomic E-state index is 13.9. The number of hydrogen-bond donors (Lipinski definition) is 37. The van der Waals surface area contributed by atoms with Gasteiger partial charge >= 0.3 is 11.9 Å². The summed E-state index contributed by atoms with van der Waals surface area (Å²) >= 11 is 0. The Labute approximate surface area is 720 Å². The lowest BCUT2D eigenvalue weighted by molar-refractivity contribution is -0.422. The Kier molecular flexibility index (Phi) is 37.1. The average Bonchev–Trinajstić information content (AvgIpc) is 0.732. The molecule has 10 rings (SSSR count). The number of nitrogens with two attached hydrogens (primary N) is 1. The summed E-state index contributed by atoms with van der Waals surface area (Å²) in [5.74, 6) is -13.8. The molecule has 0 saturated carbocycles. The maximum absolute atomic E-state index is 13.9. The zero-order chi connectivity index (χ0) is 95.0. The number of aliphatic hydroxyl groups is 33. The number of ether oxygens (including phenoxy) is 19. The van der Waals surface area contributed by atoms with Gasteiger partial charge in [0.05, 0.1) is 77.7 Å². The SMILES string of the molecule is CC(=O)N[C@H]1[C@H](OC[C@H](O)[C@H]2O[C@H](O[C@H]3[C@@H](O[C@@H]4[C@H](O)[C@@H](O[C@@H]5[C@H](O)[C@@H](O[C@H]6[C@@H]([C@H](O)CO)O[C@@](O)(C(=O)O)C[C@H]6O[C@@]6(C(=O)O)O[C@H]([C@H](O)COC7OC[C@H](N)[C@H](O)[C@H]7O)[C@H](O)[C@H](O)[C@@H]6O)O[C@H]([C@@H](O)CO)[C@H]5O[C@@H]5O[C@H](CO)[C@@H](O)[C@H](O)[C@H]5O)O[C@H]([C@@H](O)CO[C@H]5O[C@H]([C@@H](O)CO)[C@@H](O)[C@H](O)[C@@H]5O)[C@H]4O)O[C@H](CO)[C@@H](O)[C@@H]3O)[C@@H](O)[C@@H](O)[C@@H]2O)O[C@H](C)[C@@H](O)[C@@H]1O. The normalized spacial score (nSPS) is 49.6. The van der Waals surface area contributed by atoms with Gasteiger partial charge in [0, 0.05) is 13.3 Å². The molecule has 0 bridgehead atoms. The van der Waals surface area contributed by atoms with Crippen molar-refractivity contribution in [2.45, 2.75) is 351 Å². The van der Waals surface area contributed by atoms with Crippen LogP contribution in [0, 0.1) is 0 Å². The van der Waals surface area contributed by atoms with Crippen LogP contribution in [0.5, 0.6) is 0 Å². The topological polar surface area (TPSA) is 973 Å². The first-order valence-electron chi connectivity index (χ1n) is 40.1. The highest BCUT2D eigenvalue weighted by atomic mass is 16.8. The van der Waals surface area contributed by atoms with Crippen molar-refractivity contribution in [2.24, 2.45) is 5.73 Å². The van der Waals surface area contributed by atoms with E-state index in [0.717, 1.165) is 6.92 Å². The fourth-order valence-electron chi connectivity index (χ4n) is 16.1. The number of aliphatic carboxylic acids is 2. The summed E-state index contributed by atoms with van der Waals surface area (Å²) < 4.78 is 109. The van der Waals surface area contributed by atoms with Crippen LogP contribution in [0.3, 0.4) is 0 Å². The van der Waals surface area contributed by atoms with Crippen molar-refractivity contribution in [3.8, 4) is 0 Å². The van der Waals surface area contributed by atoms with Crippen molar-refractivity contribution in [1.82, 2.24) is 5.32 Å². The fraction of sp³-hybridized carbons (Fsp3) is 0.957. The lowest BCUT2D eigenvalue weighted by Crippen LogP contribution is -2.73. The van der Waals surface area contributed by atoms with E-state index >= 15 is 0 Å². The van der Waals surface area contributed by atoms with Crippen LogP contribution in [0.15, 0.2) is 0 Å². The third-order valence-electron chi connectivity index (χ3n) is 23.5. The van der Waals surface area contributed by atoms with E-state index in [1.54, 1.807) is 0 Å². The highest BCUT2D eigenvalue weighted by Gasteiger charge is 2.68. The Bertz CT molecular complexity index is 3480. The van der Waals surface area contributed by atoms with Crippen molar-refractivity contribution in [3.63, 3.8) is 0 Å². The zero-order valence-electron chi connectivity index (χ0n) is 67.3. The van der Waals surface area contributed by atoms with E-state index in [9.17, 15) is 193 Å². The van der Waals surface area contributed by atoms with Gasteiger partial charge in [-0.2, -0.15) is 0 Å². The summed E-state index contributed by atoms with van der Waals surface area (Å²) in [5, 5.41) is 396. The van der Waals surface area contributed by atoms with Crippen LogP contribution < -0.4 is 11.1 Å². The van der Waals surface area contributed by atoms with Crippen molar-refractivity contribution in [1.29, 1.82) is 0 Å². The van der Waals surface area contributed by atoms with Crippen LogP contribution in [-0.4, -0.2) is 586 Å². The second kappa shape index (κ2) is 44.6. The zero-order valence-corrected chi connectivity index (χ0v) is 67.3. The second-order valence-corrected chi connectivity index (χ2v) is 32.4. The Morgan fingerprint density at radius 2 is 0.797 bits per heavy atom. The number of nitrogens with one attached hydrogen (secondary N) is 1. The Morgan fingerprint density at radius 3 is 1.34 bits per heavy atom. The quantitative estimate of drug-likeness (QED) is 0.0280. The molecule has 128 heavy (non-hydrogen) atoms. The third-order valence-corrected chi connectivity index (χ3v) is 23.5. The number of rotatable bonds is 35. The number of carbonyl (C=O) groups is 3.